The van der Waals surface area contributed by atoms with Gasteiger partial charge in [-0.25, -0.2) is 9.37 Å². The third-order valence-corrected chi connectivity index (χ3v) is 2.86. The van der Waals surface area contributed by atoms with Gasteiger partial charge in [-0.2, -0.15) is 0 Å². The lowest BCUT2D eigenvalue weighted by Gasteiger charge is -1.98. The summed E-state index contributed by atoms with van der Waals surface area (Å²) < 4.78 is 19.1. The van der Waals surface area contributed by atoms with Crippen LogP contribution in [0.4, 0.5) is 10.1 Å². The van der Waals surface area contributed by atoms with E-state index in [9.17, 15) is 4.39 Å². The summed E-state index contributed by atoms with van der Waals surface area (Å²) >= 11 is 0. The molecular weight excluding hydrogens is 231 g/mol. The second kappa shape index (κ2) is 3.84. The fourth-order valence-corrected chi connectivity index (χ4v) is 1.87. The Morgan fingerprint density at radius 3 is 2.78 bits per heavy atom. The van der Waals surface area contributed by atoms with E-state index in [0.717, 1.165) is 16.7 Å². The molecule has 0 aliphatic heterocycles. The Bertz CT molecular complexity index is 734. The first-order valence-corrected chi connectivity index (χ1v) is 5.57. The molecule has 2 N–H and O–H groups in total. The number of nitrogen functional groups attached to an aromatic ring is 1. The van der Waals surface area contributed by atoms with Crippen molar-refractivity contribution in [3.8, 4) is 11.5 Å². The van der Waals surface area contributed by atoms with Crippen molar-refractivity contribution in [3.05, 3.63) is 47.8 Å². The van der Waals surface area contributed by atoms with E-state index in [2.05, 4.69) is 4.98 Å². The first kappa shape index (κ1) is 10.8. The second-order valence-corrected chi connectivity index (χ2v) is 4.18. The zero-order chi connectivity index (χ0) is 12.7. The summed E-state index contributed by atoms with van der Waals surface area (Å²) in [6, 6.07) is 10.2. The van der Waals surface area contributed by atoms with Gasteiger partial charge in [0.25, 0.3) is 0 Å². The van der Waals surface area contributed by atoms with E-state index in [-0.39, 0.29) is 5.69 Å². The molecule has 0 spiro atoms. The fourth-order valence-electron chi connectivity index (χ4n) is 1.87. The lowest BCUT2D eigenvalue weighted by atomic mass is 10.2. The van der Waals surface area contributed by atoms with Crippen LogP contribution in [0.3, 0.4) is 0 Å². The molecule has 0 aliphatic rings. The smallest absolute Gasteiger partial charge is 0.227 e. The van der Waals surface area contributed by atoms with Crippen LogP contribution in [-0.2, 0) is 0 Å². The molecule has 1 heterocycles. The van der Waals surface area contributed by atoms with Gasteiger partial charge in [0.15, 0.2) is 5.58 Å². The molecule has 0 unspecified atom stereocenters. The van der Waals surface area contributed by atoms with E-state index in [4.69, 9.17) is 10.2 Å². The minimum atomic E-state index is -0.466. The molecule has 4 heteroatoms. The lowest BCUT2D eigenvalue weighted by molar-refractivity contribution is 0.611. The van der Waals surface area contributed by atoms with E-state index in [1.807, 2.05) is 25.1 Å². The Balaban J connectivity index is 2.19. The second-order valence-electron chi connectivity index (χ2n) is 4.18. The molecule has 0 saturated carbocycles. The number of aryl methyl sites for hydroxylation is 1. The van der Waals surface area contributed by atoms with E-state index < -0.39 is 5.82 Å². The van der Waals surface area contributed by atoms with Crippen molar-refractivity contribution in [2.75, 3.05) is 5.73 Å². The molecule has 18 heavy (non-hydrogen) atoms. The maximum Gasteiger partial charge on any atom is 0.227 e. The number of hydrogen-bond acceptors (Lipinski definition) is 3. The largest absolute Gasteiger partial charge is 0.436 e. The maximum absolute atomic E-state index is 13.4. The van der Waals surface area contributed by atoms with Gasteiger partial charge in [-0.15, -0.1) is 0 Å². The summed E-state index contributed by atoms with van der Waals surface area (Å²) in [5.74, 6) is -0.0651. The highest BCUT2D eigenvalue weighted by Crippen LogP contribution is 2.27. The van der Waals surface area contributed by atoms with Crippen LogP contribution in [0.25, 0.3) is 22.6 Å². The SMILES string of the molecule is Cc1cccc2nc(-c3ccc(N)c(F)c3)oc12. The molecule has 3 nitrogen and oxygen atoms in total. The van der Waals surface area contributed by atoms with E-state index in [1.54, 1.807) is 6.07 Å². The Labute approximate surface area is 103 Å². The van der Waals surface area contributed by atoms with E-state index in [1.165, 1.54) is 12.1 Å². The Hall–Kier alpha value is -2.36. The van der Waals surface area contributed by atoms with Crippen molar-refractivity contribution in [2.24, 2.45) is 0 Å². The molecule has 0 atom stereocenters. The number of para-hydroxylation sites is 1. The summed E-state index contributed by atoms with van der Waals surface area (Å²) in [6.07, 6.45) is 0. The lowest BCUT2D eigenvalue weighted by Crippen LogP contribution is -1.90. The minimum absolute atomic E-state index is 0.117. The number of benzene rings is 2. The van der Waals surface area contributed by atoms with Gasteiger partial charge in [-0.3, -0.25) is 0 Å². The summed E-state index contributed by atoms with van der Waals surface area (Å²) in [7, 11) is 0. The standard InChI is InChI=1S/C14H11FN2O/c1-8-3-2-4-12-13(8)18-14(17-12)9-5-6-11(16)10(15)7-9/h2-7H,16H2,1H3. The van der Waals surface area contributed by atoms with Crippen molar-refractivity contribution >= 4 is 16.8 Å². The summed E-state index contributed by atoms with van der Waals surface area (Å²) in [4.78, 5) is 4.34. The molecular formula is C14H11FN2O. The third kappa shape index (κ3) is 1.62. The highest BCUT2D eigenvalue weighted by Gasteiger charge is 2.11. The predicted molar refractivity (Wildman–Crippen MR) is 68.6 cm³/mol. The summed E-state index contributed by atoms with van der Waals surface area (Å²) in [5, 5.41) is 0. The van der Waals surface area contributed by atoms with Crippen LogP contribution in [0.5, 0.6) is 0 Å². The van der Waals surface area contributed by atoms with Crippen LogP contribution in [0, 0.1) is 12.7 Å². The number of rotatable bonds is 1. The van der Waals surface area contributed by atoms with Crippen molar-refractivity contribution in [2.45, 2.75) is 6.92 Å². The summed E-state index contributed by atoms with van der Waals surface area (Å²) in [6.45, 7) is 1.95. The average Bonchev–Trinajstić information content (AvgIpc) is 2.78. The molecule has 0 bridgehead atoms. The fraction of sp³-hybridized carbons (Fsp3) is 0.0714. The van der Waals surface area contributed by atoms with Gasteiger partial charge in [0.05, 0.1) is 5.69 Å². The zero-order valence-electron chi connectivity index (χ0n) is 9.77. The van der Waals surface area contributed by atoms with Gasteiger partial charge in [0, 0.05) is 5.56 Å². The number of fused-ring (bicyclic) bond motifs is 1. The maximum atomic E-state index is 13.4. The van der Waals surface area contributed by atoms with Gasteiger partial charge in [0.2, 0.25) is 5.89 Å². The quantitative estimate of drug-likeness (QED) is 0.664. The van der Waals surface area contributed by atoms with Gasteiger partial charge in [0.1, 0.15) is 11.3 Å². The molecule has 3 aromatic rings. The molecule has 0 amide bonds. The number of anilines is 1. The van der Waals surface area contributed by atoms with Gasteiger partial charge >= 0.3 is 0 Å². The Kier molecular flexibility index (Phi) is 2.30. The van der Waals surface area contributed by atoms with Crippen molar-refractivity contribution in [1.82, 2.24) is 4.98 Å². The van der Waals surface area contributed by atoms with Crippen molar-refractivity contribution in [3.63, 3.8) is 0 Å². The average molecular weight is 242 g/mol. The highest BCUT2D eigenvalue weighted by molar-refractivity contribution is 5.79. The molecule has 3 rings (SSSR count). The highest BCUT2D eigenvalue weighted by atomic mass is 19.1. The Morgan fingerprint density at radius 1 is 1.22 bits per heavy atom. The molecule has 0 saturated heterocycles. The van der Waals surface area contributed by atoms with Gasteiger partial charge in [-0.1, -0.05) is 12.1 Å². The molecule has 90 valence electrons. The van der Waals surface area contributed by atoms with Gasteiger partial charge in [-0.05, 0) is 36.8 Å². The monoisotopic (exact) mass is 242 g/mol. The topological polar surface area (TPSA) is 52.0 Å². The van der Waals surface area contributed by atoms with Crippen LogP contribution in [-0.4, -0.2) is 4.98 Å². The van der Waals surface area contributed by atoms with Crippen LogP contribution < -0.4 is 5.73 Å². The first-order chi connectivity index (χ1) is 8.65. The number of hydrogen-bond donors (Lipinski definition) is 1. The number of oxazole rings is 1. The molecule has 0 fully saturated rings. The molecule has 0 aliphatic carbocycles. The molecule has 1 aromatic heterocycles. The molecule has 2 aromatic carbocycles. The van der Waals surface area contributed by atoms with Crippen molar-refractivity contribution < 1.29 is 8.81 Å². The van der Waals surface area contributed by atoms with Crippen LogP contribution in [0.15, 0.2) is 40.8 Å². The van der Waals surface area contributed by atoms with E-state index >= 15 is 0 Å². The van der Waals surface area contributed by atoms with Crippen LogP contribution >= 0.6 is 0 Å². The normalized spacial score (nSPS) is 11.0. The van der Waals surface area contributed by atoms with Gasteiger partial charge < -0.3 is 10.2 Å². The van der Waals surface area contributed by atoms with Crippen molar-refractivity contribution in [1.29, 1.82) is 0 Å². The summed E-state index contributed by atoms with van der Waals surface area (Å²) in [5.41, 5.74) is 8.63. The molecule has 0 radical (unpaired) electrons. The van der Waals surface area contributed by atoms with Crippen LogP contribution in [0.1, 0.15) is 5.56 Å². The van der Waals surface area contributed by atoms with E-state index in [0.29, 0.717) is 11.5 Å². The number of halogens is 1. The first-order valence-electron chi connectivity index (χ1n) is 5.57. The number of nitrogens with two attached hydrogens (primary N) is 1. The van der Waals surface area contributed by atoms with Crippen LogP contribution in [0.2, 0.25) is 0 Å². The minimum Gasteiger partial charge on any atom is -0.436 e. The third-order valence-electron chi connectivity index (χ3n) is 2.86. The zero-order valence-corrected chi connectivity index (χ0v) is 9.77. The predicted octanol–water partition coefficient (Wildman–Crippen LogP) is 3.52. The number of aromatic nitrogens is 1. The Morgan fingerprint density at radius 2 is 2.06 bits per heavy atom. The number of nitrogens with zero attached hydrogens (tertiary/aromatic N) is 1.